The molecule has 1 heterocycles. The van der Waals surface area contributed by atoms with Crippen LogP contribution in [0.4, 0.5) is 18.9 Å². The zero-order valence-corrected chi connectivity index (χ0v) is 15.9. The molecule has 1 aromatic heterocycles. The van der Waals surface area contributed by atoms with E-state index in [0.29, 0.717) is 10.9 Å². The number of aryl methyl sites for hydroxylation is 1. The number of ether oxygens (including phenoxy) is 2. The average Bonchev–Trinajstić information content (AvgIpc) is 2.72. The van der Waals surface area contributed by atoms with E-state index in [9.17, 15) is 27.6 Å². The normalized spacial score (nSPS) is 11.2. The third kappa shape index (κ3) is 6.29. The quantitative estimate of drug-likeness (QED) is 0.573. The molecule has 0 spiro atoms. The van der Waals surface area contributed by atoms with E-state index in [1.165, 1.54) is 23.0 Å². The van der Waals surface area contributed by atoms with E-state index in [1.54, 1.807) is 24.3 Å². The van der Waals surface area contributed by atoms with Crippen LogP contribution < -0.4 is 15.6 Å². The van der Waals surface area contributed by atoms with Crippen LogP contribution in [0.5, 0.6) is 5.75 Å². The molecule has 1 amide bonds. The van der Waals surface area contributed by atoms with Crippen molar-refractivity contribution in [3.63, 3.8) is 0 Å². The first kappa shape index (κ1) is 21.8. The van der Waals surface area contributed by atoms with Crippen molar-refractivity contribution in [2.45, 2.75) is 19.3 Å². The fraction of sp³-hybridized carbons (Fsp3) is 0.200. The molecule has 11 heteroatoms. The molecule has 0 bridgehead atoms. The van der Waals surface area contributed by atoms with Gasteiger partial charge in [0.2, 0.25) is 0 Å². The van der Waals surface area contributed by atoms with Gasteiger partial charge in [-0.1, -0.05) is 12.1 Å². The highest BCUT2D eigenvalue weighted by atomic mass is 19.4. The summed E-state index contributed by atoms with van der Waals surface area (Å²) in [6.45, 7) is -0.567. The lowest BCUT2D eigenvalue weighted by Gasteiger charge is -2.10. The summed E-state index contributed by atoms with van der Waals surface area (Å²) in [5, 5.41) is 2.79. The smallest absolute Gasteiger partial charge is 0.456 e. The number of benzene rings is 2. The number of carbonyl (C=O) groups excluding carboxylic acids is 2. The second-order valence-electron chi connectivity index (χ2n) is 6.29. The molecule has 0 aliphatic carbocycles. The number of aromatic nitrogens is 2. The Kier molecular flexibility index (Phi) is 6.53. The summed E-state index contributed by atoms with van der Waals surface area (Å²) in [4.78, 5) is 40.2. The molecule has 2 aromatic carbocycles. The number of carbonyl (C=O) groups is 2. The van der Waals surface area contributed by atoms with E-state index >= 15 is 0 Å². The molecule has 31 heavy (non-hydrogen) atoms. The largest absolute Gasteiger partial charge is 0.573 e. The van der Waals surface area contributed by atoms with Crippen molar-refractivity contribution in [3.8, 4) is 5.75 Å². The van der Waals surface area contributed by atoms with Gasteiger partial charge in [-0.25, -0.2) is 4.98 Å². The fourth-order valence-electron chi connectivity index (χ4n) is 2.63. The first-order chi connectivity index (χ1) is 14.7. The minimum Gasteiger partial charge on any atom is -0.456 e. The molecule has 8 nitrogen and oxygen atoms in total. The Morgan fingerprint density at radius 3 is 2.48 bits per heavy atom. The molecule has 0 aliphatic heterocycles. The standard InChI is InChI=1S/C20H16F3N3O5/c21-20(22,23)31-14-7-5-13(6-8-14)25-17(27)11-30-18(28)9-10-26-12-24-16-4-2-1-3-15(16)19(26)29/h1-8,12H,9-11H2,(H,25,27). The Labute approximate surface area is 173 Å². The van der Waals surface area contributed by atoms with E-state index < -0.39 is 30.6 Å². The maximum atomic E-state index is 12.3. The molecular weight excluding hydrogens is 419 g/mol. The van der Waals surface area contributed by atoms with Crippen molar-refractivity contribution in [1.82, 2.24) is 9.55 Å². The van der Waals surface area contributed by atoms with E-state index in [1.807, 2.05) is 0 Å². The van der Waals surface area contributed by atoms with E-state index in [2.05, 4.69) is 15.0 Å². The highest BCUT2D eigenvalue weighted by Gasteiger charge is 2.30. The fourth-order valence-corrected chi connectivity index (χ4v) is 2.63. The highest BCUT2D eigenvalue weighted by molar-refractivity contribution is 5.92. The van der Waals surface area contributed by atoms with Crippen LogP contribution in [-0.4, -0.2) is 34.4 Å². The van der Waals surface area contributed by atoms with Crippen LogP contribution in [0.15, 0.2) is 59.7 Å². The Morgan fingerprint density at radius 1 is 1.06 bits per heavy atom. The SMILES string of the molecule is O=C(COC(=O)CCn1cnc2ccccc2c1=O)Nc1ccc(OC(F)(F)F)cc1. The minimum absolute atomic E-state index is 0.0256. The summed E-state index contributed by atoms with van der Waals surface area (Å²) < 4.78 is 46.2. The van der Waals surface area contributed by atoms with Crippen molar-refractivity contribution < 1.29 is 32.2 Å². The number of esters is 1. The molecule has 0 unspecified atom stereocenters. The molecule has 162 valence electrons. The van der Waals surface area contributed by atoms with E-state index in [0.717, 1.165) is 12.1 Å². The van der Waals surface area contributed by atoms with Gasteiger partial charge in [0.15, 0.2) is 6.61 Å². The monoisotopic (exact) mass is 435 g/mol. The third-order valence-corrected chi connectivity index (χ3v) is 4.02. The van der Waals surface area contributed by atoms with Crippen molar-refractivity contribution in [2.24, 2.45) is 0 Å². The molecule has 0 saturated carbocycles. The van der Waals surface area contributed by atoms with Gasteiger partial charge in [-0.05, 0) is 36.4 Å². The van der Waals surface area contributed by atoms with Crippen LogP contribution in [-0.2, 0) is 20.9 Å². The number of fused-ring (bicyclic) bond motifs is 1. The summed E-state index contributed by atoms with van der Waals surface area (Å²) >= 11 is 0. The van der Waals surface area contributed by atoms with Crippen LogP contribution in [0.3, 0.4) is 0 Å². The second-order valence-corrected chi connectivity index (χ2v) is 6.29. The van der Waals surface area contributed by atoms with E-state index in [-0.39, 0.29) is 24.2 Å². The maximum Gasteiger partial charge on any atom is 0.573 e. The van der Waals surface area contributed by atoms with Crippen LogP contribution >= 0.6 is 0 Å². The molecule has 3 rings (SSSR count). The number of hydrogen-bond donors (Lipinski definition) is 1. The summed E-state index contributed by atoms with van der Waals surface area (Å²) in [6.07, 6.45) is -3.64. The Bertz CT molecular complexity index is 1140. The van der Waals surface area contributed by atoms with E-state index in [4.69, 9.17) is 4.74 Å². The summed E-state index contributed by atoms with van der Waals surface area (Å²) in [5.74, 6) is -1.82. The molecule has 0 aliphatic rings. The molecule has 0 saturated heterocycles. The number of nitrogens with one attached hydrogen (secondary N) is 1. The number of nitrogens with zero attached hydrogens (tertiary/aromatic N) is 2. The number of alkyl halides is 3. The minimum atomic E-state index is -4.81. The van der Waals surface area contributed by atoms with Gasteiger partial charge >= 0.3 is 12.3 Å². The van der Waals surface area contributed by atoms with Gasteiger partial charge in [-0.3, -0.25) is 19.0 Å². The Morgan fingerprint density at radius 2 is 1.77 bits per heavy atom. The number of rotatable bonds is 7. The molecule has 0 fully saturated rings. The lowest BCUT2D eigenvalue weighted by molar-refractivity contribution is -0.274. The lowest BCUT2D eigenvalue weighted by Crippen LogP contribution is -2.24. The Hall–Kier alpha value is -3.89. The van der Waals surface area contributed by atoms with Gasteiger partial charge in [0.25, 0.3) is 11.5 Å². The van der Waals surface area contributed by atoms with Crippen molar-refractivity contribution in [2.75, 3.05) is 11.9 Å². The Balaban J connectivity index is 1.46. The van der Waals surface area contributed by atoms with Gasteiger partial charge < -0.3 is 14.8 Å². The number of amides is 1. The lowest BCUT2D eigenvalue weighted by atomic mass is 10.2. The van der Waals surface area contributed by atoms with Crippen molar-refractivity contribution >= 4 is 28.5 Å². The number of hydrogen-bond acceptors (Lipinski definition) is 6. The molecule has 0 radical (unpaired) electrons. The van der Waals surface area contributed by atoms with Crippen molar-refractivity contribution in [3.05, 3.63) is 65.2 Å². The van der Waals surface area contributed by atoms with Gasteiger partial charge in [0.1, 0.15) is 5.75 Å². The summed E-state index contributed by atoms with van der Waals surface area (Å²) in [6, 6.07) is 11.3. The van der Waals surface area contributed by atoms with Crippen LogP contribution in [0.25, 0.3) is 10.9 Å². The summed E-state index contributed by atoms with van der Waals surface area (Å²) in [5.41, 5.74) is 0.444. The zero-order valence-electron chi connectivity index (χ0n) is 15.9. The molecular formula is C20H16F3N3O5. The van der Waals surface area contributed by atoms with Gasteiger partial charge in [0, 0.05) is 12.2 Å². The molecule has 1 N–H and O–H groups in total. The van der Waals surface area contributed by atoms with Crippen LogP contribution in [0.2, 0.25) is 0 Å². The third-order valence-electron chi connectivity index (χ3n) is 4.02. The van der Waals surface area contributed by atoms with Gasteiger partial charge in [-0.15, -0.1) is 13.2 Å². The zero-order chi connectivity index (χ0) is 22.4. The molecule has 0 atom stereocenters. The predicted octanol–water partition coefficient (Wildman–Crippen LogP) is 2.87. The number of halogens is 3. The molecule has 3 aromatic rings. The summed E-state index contributed by atoms with van der Waals surface area (Å²) in [7, 11) is 0. The highest BCUT2D eigenvalue weighted by Crippen LogP contribution is 2.23. The predicted molar refractivity (Wildman–Crippen MR) is 103 cm³/mol. The van der Waals surface area contributed by atoms with Crippen LogP contribution in [0.1, 0.15) is 6.42 Å². The number of para-hydroxylation sites is 1. The second kappa shape index (κ2) is 9.28. The van der Waals surface area contributed by atoms with Crippen LogP contribution in [0, 0.1) is 0 Å². The first-order valence-electron chi connectivity index (χ1n) is 8.97. The number of anilines is 1. The van der Waals surface area contributed by atoms with Gasteiger partial charge in [-0.2, -0.15) is 0 Å². The van der Waals surface area contributed by atoms with Crippen molar-refractivity contribution in [1.29, 1.82) is 0 Å². The maximum absolute atomic E-state index is 12.3. The topological polar surface area (TPSA) is 99.5 Å². The first-order valence-corrected chi connectivity index (χ1v) is 8.97. The van der Waals surface area contributed by atoms with Gasteiger partial charge in [0.05, 0.1) is 23.7 Å². The average molecular weight is 435 g/mol.